The van der Waals surface area contributed by atoms with Gasteiger partial charge >= 0.3 is 0 Å². The Labute approximate surface area is 103 Å². The summed E-state index contributed by atoms with van der Waals surface area (Å²) in [5, 5.41) is 9.60. The van der Waals surface area contributed by atoms with Gasteiger partial charge in [0.15, 0.2) is 6.29 Å². The van der Waals surface area contributed by atoms with Crippen molar-refractivity contribution in [2.75, 3.05) is 0 Å². The van der Waals surface area contributed by atoms with Gasteiger partial charge in [-0.1, -0.05) is 0 Å². The van der Waals surface area contributed by atoms with Gasteiger partial charge in [0.1, 0.15) is 0 Å². The minimum Gasteiger partial charge on any atom is -0.298 e. The molecule has 0 saturated carbocycles. The van der Waals surface area contributed by atoms with Gasteiger partial charge in [-0.3, -0.25) is 19.7 Å². The molecule has 0 N–H and O–H groups in total. The third-order valence-electron chi connectivity index (χ3n) is 1.65. The Hall–Kier alpha value is -1.02. The summed E-state index contributed by atoms with van der Waals surface area (Å²) in [5.74, 6) is 0. The van der Waals surface area contributed by atoms with Gasteiger partial charge in [0, 0.05) is 21.3 Å². The Morgan fingerprint density at radius 2 is 2.13 bits per heavy atom. The first-order valence-corrected chi connectivity index (χ1v) is 5.06. The number of aldehydes is 1. The molecular weight excluding hydrogens is 336 g/mol. The van der Waals surface area contributed by atoms with Crippen LogP contribution in [0.3, 0.4) is 0 Å². The van der Waals surface area contributed by atoms with Crippen molar-refractivity contribution in [1.29, 1.82) is 0 Å². The number of benzene rings is 1. The number of carbonyl (C=O) groups is 2. The van der Waals surface area contributed by atoms with E-state index in [1.807, 2.05) is 0 Å². The van der Waals surface area contributed by atoms with Crippen LogP contribution in [0.15, 0.2) is 12.1 Å². The molecule has 15 heavy (non-hydrogen) atoms. The second-order valence-electron chi connectivity index (χ2n) is 2.54. The van der Waals surface area contributed by atoms with Crippen LogP contribution in [0.1, 0.15) is 20.7 Å². The number of hydrogen-bond donors (Lipinski definition) is 0. The summed E-state index contributed by atoms with van der Waals surface area (Å²) >= 11 is 6.94. The lowest BCUT2D eigenvalue weighted by molar-refractivity contribution is -0.385. The van der Waals surface area contributed by atoms with E-state index >= 15 is 0 Å². The molecule has 1 rings (SSSR count). The number of halogens is 2. The number of non-ortho nitro benzene ring substituents is 1. The summed E-state index contributed by atoms with van der Waals surface area (Å²) in [6.45, 7) is 0. The summed E-state index contributed by atoms with van der Waals surface area (Å²) in [4.78, 5) is 31.4. The van der Waals surface area contributed by atoms with Gasteiger partial charge in [-0.2, -0.15) is 0 Å². The molecule has 78 valence electrons. The topological polar surface area (TPSA) is 77.3 Å². The van der Waals surface area contributed by atoms with Crippen molar-refractivity contribution in [1.82, 2.24) is 0 Å². The van der Waals surface area contributed by atoms with Gasteiger partial charge in [-0.05, 0) is 34.2 Å². The van der Waals surface area contributed by atoms with Crippen molar-refractivity contribution in [3.63, 3.8) is 0 Å². The van der Waals surface area contributed by atoms with E-state index in [0.717, 1.165) is 6.07 Å². The molecule has 0 bridgehead atoms. The second-order valence-corrected chi connectivity index (χ2v) is 4.04. The summed E-state index contributed by atoms with van der Waals surface area (Å²) < 4.78 is 0.320. The van der Waals surface area contributed by atoms with Crippen LogP contribution >= 0.6 is 34.2 Å². The predicted octanol–water partition coefficient (Wildman–Crippen LogP) is 2.39. The van der Waals surface area contributed by atoms with Gasteiger partial charge in [0.2, 0.25) is 0 Å². The molecule has 0 fully saturated rings. The SMILES string of the molecule is O=Cc1c(I)cc([N+](=O)[O-])cc1C(=O)Cl. The van der Waals surface area contributed by atoms with Gasteiger partial charge in [-0.25, -0.2) is 0 Å². The highest BCUT2D eigenvalue weighted by atomic mass is 127. The van der Waals surface area contributed by atoms with Gasteiger partial charge in [0.05, 0.1) is 10.5 Å². The highest BCUT2D eigenvalue weighted by Gasteiger charge is 2.18. The summed E-state index contributed by atoms with van der Waals surface area (Å²) in [7, 11) is 0. The lowest BCUT2D eigenvalue weighted by atomic mass is 10.1. The average molecular weight is 339 g/mol. The van der Waals surface area contributed by atoms with Crippen molar-refractivity contribution in [3.8, 4) is 0 Å². The van der Waals surface area contributed by atoms with Crippen molar-refractivity contribution >= 4 is 51.4 Å². The molecule has 1 aromatic rings. The Morgan fingerprint density at radius 3 is 2.53 bits per heavy atom. The van der Waals surface area contributed by atoms with E-state index in [1.165, 1.54) is 6.07 Å². The molecule has 0 aliphatic heterocycles. The minimum atomic E-state index is -0.890. The summed E-state index contributed by atoms with van der Waals surface area (Å²) in [5.41, 5.74) is -0.347. The summed E-state index contributed by atoms with van der Waals surface area (Å²) in [6.07, 6.45) is 0.446. The quantitative estimate of drug-likeness (QED) is 0.278. The Bertz CT molecular complexity index is 460. The van der Waals surface area contributed by atoms with E-state index in [9.17, 15) is 19.7 Å². The first-order chi connectivity index (χ1) is 6.97. The van der Waals surface area contributed by atoms with Crippen molar-refractivity contribution in [2.45, 2.75) is 0 Å². The number of rotatable bonds is 3. The maximum absolute atomic E-state index is 10.9. The standard InChI is InChI=1S/C8H3ClINO4/c9-8(13)5-1-4(11(14)15)2-7(10)6(5)3-12/h1-3H. The zero-order valence-electron chi connectivity index (χ0n) is 7.07. The van der Waals surface area contributed by atoms with Crippen LogP contribution in [0.4, 0.5) is 5.69 Å². The molecule has 0 spiro atoms. The number of carbonyl (C=O) groups excluding carboxylic acids is 2. The van der Waals surface area contributed by atoms with Crippen molar-refractivity contribution in [2.24, 2.45) is 0 Å². The number of nitro benzene ring substituents is 1. The minimum absolute atomic E-state index is 0.0706. The first kappa shape index (κ1) is 12.1. The fraction of sp³-hybridized carbons (Fsp3) is 0. The molecule has 0 aromatic heterocycles. The molecule has 0 aliphatic carbocycles. The van der Waals surface area contributed by atoms with Gasteiger partial charge in [-0.15, -0.1) is 0 Å². The van der Waals surface area contributed by atoms with Crippen LogP contribution < -0.4 is 0 Å². The molecule has 0 aliphatic rings. The third-order valence-corrected chi connectivity index (χ3v) is 2.75. The average Bonchev–Trinajstić information content (AvgIpc) is 2.16. The van der Waals surface area contributed by atoms with Crippen LogP contribution in [0.2, 0.25) is 0 Å². The zero-order valence-corrected chi connectivity index (χ0v) is 9.98. The molecule has 0 amide bonds. The number of nitro groups is 1. The number of hydrogen-bond acceptors (Lipinski definition) is 4. The van der Waals surface area contributed by atoms with Crippen LogP contribution in [0, 0.1) is 13.7 Å². The molecule has 0 atom stereocenters. The molecular formula is C8H3ClINO4. The molecule has 0 radical (unpaired) electrons. The van der Waals surface area contributed by atoms with E-state index in [0.29, 0.717) is 9.86 Å². The fourth-order valence-corrected chi connectivity index (χ4v) is 1.88. The van der Waals surface area contributed by atoms with E-state index < -0.39 is 10.2 Å². The van der Waals surface area contributed by atoms with Crippen LogP contribution in [0.5, 0.6) is 0 Å². The van der Waals surface area contributed by atoms with Gasteiger partial charge < -0.3 is 0 Å². The maximum Gasteiger partial charge on any atom is 0.271 e. The predicted molar refractivity (Wildman–Crippen MR) is 61.4 cm³/mol. The second kappa shape index (κ2) is 4.67. The normalized spacial score (nSPS) is 9.73. The van der Waals surface area contributed by atoms with Crippen molar-refractivity contribution < 1.29 is 14.5 Å². The highest BCUT2D eigenvalue weighted by Crippen LogP contribution is 2.24. The smallest absolute Gasteiger partial charge is 0.271 e. The molecule has 0 unspecified atom stereocenters. The Kier molecular flexibility index (Phi) is 3.75. The summed E-state index contributed by atoms with van der Waals surface area (Å²) in [6, 6.07) is 2.19. The molecule has 1 aromatic carbocycles. The molecule has 0 heterocycles. The molecule has 0 saturated heterocycles. The van der Waals surface area contributed by atoms with Crippen molar-refractivity contribution in [3.05, 3.63) is 36.9 Å². The Balaban J connectivity index is 3.52. The lowest BCUT2D eigenvalue weighted by Crippen LogP contribution is -2.01. The van der Waals surface area contributed by atoms with E-state index in [1.54, 1.807) is 22.6 Å². The van der Waals surface area contributed by atoms with Crippen LogP contribution in [-0.2, 0) is 0 Å². The van der Waals surface area contributed by atoms with E-state index in [2.05, 4.69) is 0 Å². The van der Waals surface area contributed by atoms with Crippen LogP contribution in [-0.4, -0.2) is 16.5 Å². The van der Waals surface area contributed by atoms with E-state index in [-0.39, 0.29) is 16.8 Å². The highest BCUT2D eigenvalue weighted by molar-refractivity contribution is 14.1. The molecule has 5 nitrogen and oxygen atoms in total. The lowest BCUT2D eigenvalue weighted by Gasteiger charge is -2.01. The van der Waals surface area contributed by atoms with Crippen LogP contribution in [0.25, 0.3) is 0 Å². The third kappa shape index (κ3) is 2.51. The fourth-order valence-electron chi connectivity index (χ4n) is 0.991. The van der Waals surface area contributed by atoms with Gasteiger partial charge in [0.25, 0.3) is 10.9 Å². The number of nitrogens with zero attached hydrogens (tertiary/aromatic N) is 1. The maximum atomic E-state index is 10.9. The zero-order chi connectivity index (χ0) is 11.6. The van der Waals surface area contributed by atoms with E-state index in [4.69, 9.17) is 11.6 Å². The molecule has 7 heteroatoms. The largest absolute Gasteiger partial charge is 0.298 e. The Morgan fingerprint density at radius 1 is 1.53 bits per heavy atom. The monoisotopic (exact) mass is 339 g/mol. The first-order valence-electron chi connectivity index (χ1n) is 3.60.